The number of amides is 1. The van der Waals surface area contributed by atoms with Gasteiger partial charge in [-0.3, -0.25) is 9.69 Å². The van der Waals surface area contributed by atoms with E-state index in [4.69, 9.17) is 9.47 Å². The molecule has 5 nitrogen and oxygen atoms in total. The molecule has 130 valence electrons. The van der Waals surface area contributed by atoms with Crippen LogP contribution in [-0.2, 0) is 14.3 Å². The van der Waals surface area contributed by atoms with Crippen molar-refractivity contribution < 1.29 is 14.3 Å². The van der Waals surface area contributed by atoms with Crippen molar-refractivity contribution in [1.29, 1.82) is 0 Å². The van der Waals surface area contributed by atoms with E-state index in [1.54, 1.807) is 0 Å². The molecular formula is C19H26N2O3. The summed E-state index contributed by atoms with van der Waals surface area (Å²) in [4.78, 5) is 17.4. The molecule has 1 amide bonds. The second-order valence-electron chi connectivity index (χ2n) is 6.99. The van der Waals surface area contributed by atoms with Gasteiger partial charge in [0.05, 0.1) is 19.3 Å². The molecule has 3 heterocycles. The molecule has 3 fully saturated rings. The maximum Gasteiger partial charge on any atom is 0.244 e. The lowest BCUT2D eigenvalue weighted by molar-refractivity contribution is -0.130. The van der Waals surface area contributed by atoms with Crippen LogP contribution in [0.3, 0.4) is 0 Å². The largest absolute Gasteiger partial charge is 0.350 e. The summed E-state index contributed by atoms with van der Waals surface area (Å²) in [6.07, 6.45) is 4.19. The summed E-state index contributed by atoms with van der Waals surface area (Å²) in [7, 11) is 0. The van der Waals surface area contributed by atoms with Crippen molar-refractivity contribution in [2.45, 2.75) is 38.0 Å². The molecule has 2 atom stereocenters. The molecule has 3 aliphatic heterocycles. The van der Waals surface area contributed by atoms with E-state index < -0.39 is 0 Å². The van der Waals surface area contributed by atoms with Crippen LogP contribution in [0.15, 0.2) is 30.3 Å². The third kappa shape index (κ3) is 3.21. The zero-order chi connectivity index (χ0) is 16.4. The van der Waals surface area contributed by atoms with Crippen molar-refractivity contribution in [3.8, 4) is 0 Å². The Morgan fingerprint density at radius 3 is 2.50 bits per heavy atom. The van der Waals surface area contributed by atoms with Gasteiger partial charge in [0, 0.05) is 24.7 Å². The molecule has 4 rings (SSSR count). The van der Waals surface area contributed by atoms with Crippen molar-refractivity contribution in [2.24, 2.45) is 5.92 Å². The predicted molar refractivity (Wildman–Crippen MR) is 91.8 cm³/mol. The van der Waals surface area contributed by atoms with Gasteiger partial charge in [-0.2, -0.15) is 0 Å². The SMILES string of the molecule is O=C1C(N2CCCC(C3OCCO3)C2)CCCN1c1ccccc1. The molecule has 0 bridgehead atoms. The number of nitrogens with zero attached hydrogens (tertiary/aromatic N) is 2. The van der Waals surface area contributed by atoms with Crippen LogP contribution in [0.2, 0.25) is 0 Å². The topological polar surface area (TPSA) is 42.0 Å². The fourth-order valence-corrected chi connectivity index (χ4v) is 4.25. The van der Waals surface area contributed by atoms with Crippen LogP contribution in [0.5, 0.6) is 0 Å². The van der Waals surface area contributed by atoms with E-state index in [1.807, 2.05) is 35.2 Å². The first kappa shape index (κ1) is 16.1. The third-order valence-electron chi connectivity index (χ3n) is 5.44. The van der Waals surface area contributed by atoms with E-state index in [0.717, 1.165) is 51.0 Å². The molecular weight excluding hydrogens is 304 g/mol. The molecule has 0 N–H and O–H groups in total. The molecule has 2 unspecified atom stereocenters. The predicted octanol–water partition coefficient (Wildman–Crippen LogP) is 2.27. The zero-order valence-corrected chi connectivity index (χ0v) is 14.1. The van der Waals surface area contributed by atoms with Gasteiger partial charge in [-0.25, -0.2) is 0 Å². The van der Waals surface area contributed by atoms with Crippen LogP contribution in [0.4, 0.5) is 5.69 Å². The van der Waals surface area contributed by atoms with Crippen molar-refractivity contribution in [2.75, 3.05) is 37.7 Å². The minimum atomic E-state index is -0.0725. The summed E-state index contributed by atoms with van der Waals surface area (Å²) in [6.45, 7) is 4.13. The Morgan fingerprint density at radius 2 is 1.71 bits per heavy atom. The van der Waals surface area contributed by atoms with Gasteiger partial charge < -0.3 is 14.4 Å². The van der Waals surface area contributed by atoms with E-state index in [-0.39, 0.29) is 18.2 Å². The second kappa shape index (κ2) is 7.21. The highest BCUT2D eigenvalue weighted by atomic mass is 16.7. The number of piperidine rings is 2. The number of anilines is 1. The van der Waals surface area contributed by atoms with E-state index in [0.29, 0.717) is 19.1 Å². The molecule has 0 aliphatic carbocycles. The Balaban J connectivity index is 1.45. The maximum absolute atomic E-state index is 13.1. The fraction of sp³-hybridized carbons (Fsp3) is 0.632. The highest BCUT2D eigenvalue weighted by molar-refractivity contribution is 5.97. The summed E-state index contributed by atoms with van der Waals surface area (Å²) in [5.74, 6) is 0.641. The minimum Gasteiger partial charge on any atom is -0.350 e. The number of hydrogen-bond donors (Lipinski definition) is 0. The number of benzene rings is 1. The van der Waals surface area contributed by atoms with Gasteiger partial charge >= 0.3 is 0 Å². The lowest BCUT2D eigenvalue weighted by Gasteiger charge is -2.42. The monoisotopic (exact) mass is 330 g/mol. The maximum atomic E-state index is 13.1. The van der Waals surface area contributed by atoms with Crippen LogP contribution < -0.4 is 4.90 Å². The summed E-state index contributed by atoms with van der Waals surface area (Å²) in [5.41, 5.74) is 1.02. The quantitative estimate of drug-likeness (QED) is 0.853. The van der Waals surface area contributed by atoms with Gasteiger partial charge in [0.1, 0.15) is 0 Å². The van der Waals surface area contributed by atoms with Crippen molar-refractivity contribution in [3.63, 3.8) is 0 Å². The van der Waals surface area contributed by atoms with Crippen molar-refractivity contribution >= 4 is 11.6 Å². The van der Waals surface area contributed by atoms with E-state index in [1.165, 1.54) is 0 Å². The average Bonchev–Trinajstić information content (AvgIpc) is 3.18. The van der Waals surface area contributed by atoms with Crippen molar-refractivity contribution in [1.82, 2.24) is 4.90 Å². The van der Waals surface area contributed by atoms with Gasteiger partial charge in [0.15, 0.2) is 6.29 Å². The van der Waals surface area contributed by atoms with Crippen LogP contribution in [0.1, 0.15) is 25.7 Å². The highest BCUT2D eigenvalue weighted by Crippen LogP contribution is 2.30. The summed E-state index contributed by atoms with van der Waals surface area (Å²) < 4.78 is 11.4. The van der Waals surface area contributed by atoms with E-state index in [2.05, 4.69) is 4.90 Å². The smallest absolute Gasteiger partial charge is 0.244 e. The van der Waals surface area contributed by atoms with Crippen molar-refractivity contribution in [3.05, 3.63) is 30.3 Å². The molecule has 24 heavy (non-hydrogen) atoms. The number of carbonyl (C=O) groups is 1. The molecule has 5 heteroatoms. The first-order valence-electron chi connectivity index (χ1n) is 9.16. The third-order valence-corrected chi connectivity index (χ3v) is 5.44. The number of ether oxygens (including phenoxy) is 2. The second-order valence-corrected chi connectivity index (χ2v) is 6.99. The fourth-order valence-electron chi connectivity index (χ4n) is 4.25. The Kier molecular flexibility index (Phi) is 4.83. The zero-order valence-electron chi connectivity index (χ0n) is 14.1. The minimum absolute atomic E-state index is 0.00293. The lowest BCUT2D eigenvalue weighted by Crippen LogP contribution is -2.55. The van der Waals surface area contributed by atoms with Crippen LogP contribution >= 0.6 is 0 Å². The highest BCUT2D eigenvalue weighted by Gasteiger charge is 2.38. The molecule has 0 radical (unpaired) electrons. The van der Waals surface area contributed by atoms with E-state index >= 15 is 0 Å². The molecule has 3 aliphatic rings. The Labute approximate surface area is 143 Å². The first-order chi connectivity index (χ1) is 11.8. The molecule has 3 saturated heterocycles. The van der Waals surface area contributed by atoms with Crippen LogP contribution in [0, 0.1) is 5.92 Å². The number of rotatable bonds is 3. The Bertz CT molecular complexity index is 559. The molecule has 0 saturated carbocycles. The van der Waals surface area contributed by atoms with Gasteiger partial charge in [-0.05, 0) is 44.4 Å². The normalized spacial score (nSPS) is 30.0. The molecule has 0 aromatic heterocycles. The lowest BCUT2D eigenvalue weighted by atomic mass is 9.93. The average molecular weight is 330 g/mol. The Hall–Kier alpha value is -1.43. The van der Waals surface area contributed by atoms with Gasteiger partial charge in [0.2, 0.25) is 5.91 Å². The van der Waals surface area contributed by atoms with Gasteiger partial charge in [-0.1, -0.05) is 18.2 Å². The van der Waals surface area contributed by atoms with E-state index in [9.17, 15) is 4.79 Å². The Morgan fingerprint density at radius 1 is 0.958 bits per heavy atom. The number of likely N-dealkylation sites (tertiary alicyclic amines) is 1. The van der Waals surface area contributed by atoms with Crippen LogP contribution in [-0.4, -0.2) is 56.0 Å². The first-order valence-corrected chi connectivity index (χ1v) is 9.16. The number of carbonyl (C=O) groups excluding carboxylic acids is 1. The van der Waals surface area contributed by atoms with Crippen LogP contribution in [0.25, 0.3) is 0 Å². The number of hydrogen-bond acceptors (Lipinski definition) is 4. The summed E-state index contributed by atoms with van der Waals surface area (Å²) in [5, 5.41) is 0. The standard InChI is InChI=1S/C19H26N2O3/c22-18-17(9-5-11-21(18)16-7-2-1-3-8-16)20-10-4-6-15(14-20)19-23-12-13-24-19/h1-3,7-8,15,17,19H,4-6,9-14H2. The van der Waals surface area contributed by atoms with Gasteiger partial charge in [0.25, 0.3) is 0 Å². The molecule has 1 aromatic rings. The summed E-state index contributed by atoms with van der Waals surface area (Å²) >= 11 is 0. The van der Waals surface area contributed by atoms with Gasteiger partial charge in [-0.15, -0.1) is 0 Å². The molecule has 1 aromatic carbocycles. The number of para-hydroxylation sites is 1. The summed E-state index contributed by atoms with van der Waals surface area (Å²) in [6, 6.07) is 10.0. The molecule has 0 spiro atoms.